The molecule has 4 unspecified atom stereocenters. The molecule has 2 aromatic carbocycles. The van der Waals surface area contributed by atoms with Crippen LogP contribution in [-0.4, -0.2) is 133 Å². The summed E-state index contributed by atoms with van der Waals surface area (Å²) in [5.74, 6) is -2.06. The highest BCUT2D eigenvalue weighted by Gasteiger charge is 2.81. The first kappa shape index (κ1) is 40.6. The number of hydrogen-bond donors (Lipinski definition) is 3. The highest BCUT2D eigenvalue weighted by Crippen LogP contribution is 2.68. The number of amides is 1. The van der Waals surface area contributed by atoms with Gasteiger partial charge in [-0.25, -0.2) is 4.79 Å². The Hall–Kier alpha value is -4.76. The molecule has 320 valence electrons. The van der Waals surface area contributed by atoms with Gasteiger partial charge in [0.15, 0.2) is 6.10 Å². The summed E-state index contributed by atoms with van der Waals surface area (Å²) in [5, 5.41) is 26.3. The number of para-hydroxylation sites is 1. The van der Waals surface area contributed by atoms with Gasteiger partial charge in [-0.15, -0.1) is 0 Å². The maximum absolute atomic E-state index is 15.3. The Labute approximate surface area is 349 Å². The van der Waals surface area contributed by atoms with E-state index in [1.54, 1.807) is 6.07 Å². The maximum Gasteiger partial charge on any atom is 0.344 e. The van der Waals surface area contributed by atoms with Crippen molar-refractivity contribution in [3.63, 3.8) is 0 Å². The van der Waals surface area contributed by atoms with Gasteiger partial charge in [0.05, 0.1) is 38.7 Å². The van der Waals surface area contributed by atoms with Crippen LogP contribution in [0.4, 0.5) is 5.69 Å². The molecule has 3 aromatic rings. The van der Waals surface area contributed by atoms with Crippen LogP contribution in [0.5, 0.6) is 5.75 Å². The molecule has 6 heterocycles. The fraction of sp³-hybridized carbons (Fsp3) is 0.565. The summed E-state index contributed by atoms with van der Waals surface area (Å²) in [4.78, 5) is 66.1. The van der Waals surface area contributed by atoms with E-state index in [1.165, 1.54) is 33.2 Å². The van der Waals surface area contributed by atoms with Crippen LogP contribution in [0.15, 0.2) is 48.6 Å². The number of esters is 3. The highest BCUT2D eigenvalue weighted by molar-refractivity contribution is 5.96. The normalized spacial score (nSPS) is 36.5. The zero-order valence-corrected chi connectivity index (χ0v) is 35.3. The lowest BCUT2D eigenvalue weighted by atomic mass is 9.47. The predicted octanol–water partition coefficient (Wildman–Crippen LogP) is 3.52. The van der Waals surface area contributed by atoms with Gasteiger partial charge < -0.3 is 39.0 Å². The Bertz CT molecular complexity index is 2310. The zero-order chi connectivity index (χ0) is 42.6. The molecule has 14 heteroatoms. The number of fused-ring (bicyclic) bond motifs is 6. The van der Waals surface area contributed by atoms with Crippen molar-refractivity contribution in [1.29, 1.82) is 0 Å². The molecular formula is C46H56N4O10. The first-order valence-corrected chi connectivity index (χ1v) is 21.3. The fourth-order valence-corrected chi connectivity index (χ4v) is 13.4. The Morgan fingerprint density at radius 1 is 0.967 bits per heavy atom. The van der Waals surface area contributed by atoms with E-state index in [2.05, 4.69) is 20.9 Å². The van der Waals surface area contributed by atoms with Crippen molar-refractivity contribution >= 4 is 40.9 Å². The smallest absolute Gasteiger partial charge is 0.344 e. The molecule has 3 N–H and O–H groups in total. The number of nitrogens with one attached hydrogen (secondary N) is 1. The molecule has 2 bridgehead atoms. The van der Waals surface area contributed by atoms with E-state index in [0.29, 0.717) is 99.5 Å². The van der Waals surface area contributed by atoms with Crippen LogP contribution in [0.2, 0.25) is 0 Å². The van der Waals surface area contributed by atoms with Crippen molar-refractivity contribution in [2.75, 3.05) is 59.0 Å². The molecule has 5 aliphatic heterocycles. The van der Waals surface area contributed by atoms with E-state index < -0.39 is 63.5 Å². The van der Waals surface area contributed by atoms with Crippen molar-refractivity contribution in [1.82, 2.24) is 14.8 Å². The van der Waals surface area contributed by atoms with Crippen molar-refractivity contribution in [3.05, 3.63) is 70.9 Å². The summed E-state index contributed by atoms with van der Waals surface area (Å²) in [6, 6.07) is 9.97. The quantitative estimate of drug-likeness (QED) is 0.131. The third-order valence-corrected chi connectivity index (χ3v) is 15.5. The summed E-state index contributed by atoms with van der Waals surface area (Å²) in [7, 11) is 4.09. The van der Waals surface area contributed by atoms with Gasteiger partial charge >= 0.3 is 17.9 Å². The molecule has 14 nitrogen and oxygen atoms in total. The van der Waals surface area contributed by atoms with Gasteiger partial charge in [-0.05, 0) is 74.2 Å². The molecule has 2 saturated heterocycles. The molecule has 10 atom stereocenters. The Morgan fingerprint density at radius 2 is 1.73 bits per heavy atom. The van der Waals surface area contributed by atoms with Crippen LogP contribution < -0.4 is 9.64 Å². The van der Waals surface area contributed by atoms with Gasteiger partial charge in [-0.3, -0.25) is 24.2 Å². The van der Waals surface area contributed by atoms with E-state index in [1.807, 2.05) is 50.3 Å². The van der Waals surface area contributed by atoms with Gasteiger partial charge in [0.25, 0.3) is 0 Å². The number of aromatic amines is 1. The average molecular weight is 825 g/mol. The van der Waals surface area contributed by atoms with E-state index in [-0.39, 0.29) is 12.3 Å². The van der Waals surface area contributed by atoms with Crippen LogP contribution in [0.3, 0.4) is 0 Å². The number of nitrogens with zero attached hydrogens (tertiary/aromatic N) is 3. The van der Waals surface area contributed by atoms with Gasteiger partial charge in [-0.1, -0.05) is 44.2 Å². The molecule has 1 saturated carbocycles. The highest BCUT2D eigenvalue weighted by atomic mass is 16.6. The minimum Gasteiger partial charge on any atom is -0.496 e. The lowest BCUT2D eigenvalue weighted by molar-refractivity contribution is -0.228. The monoisotopic (exact) mass is 824 g/mol. The van der Waals surface area contributed by atoms with E-state index in [9.17, 15) is 24.6 Å². The van der Waals surface area contributed by atoms with E-state index in [0.717, 1.165) is 16.5 Å². The predicted molar refractivity (Wildman–Crippen MR) is 221 cm³/mol. The van der Waals surface area contributed by atoms with Gasteiger partial charge in [0.1, 0.15) is 11.2 Å². The first-order chi connectivity index (χ1) is 28.8. The average Bonchev–Trinajstić information content (AvgIpc) is 3.92. The summed E-state index contributed by atoms with van der Waals surface area (Å²) in [6.07, 6.45) is 5.83. The number of hydrogen-bond acceptors (Lipinski definition) is 12. The number of methoxy groups -OCH3 is 3. The molecule has 9 rings (SSSR count). The van der Waals surface area contributed by atoms with Gasteiger partial charge in [0.2, 0.25) is 12.0 Å². The maximum atomic E-state index is 15.3. The number of piperidine rings is 1. The Kier molecular flexibility index (Phi) is 9.58. The van der Waals surface area contributed by atoms with Crippen LogP contribution in [-0.2, 0) is 50.6 Å². The minimum absolute atomic E-state index is 0.155. The fourth-order valence-electron chi connectivity index (χ4n) is 13.4. The molecular weight excluding hydrogens is 769 g/mol. The van der Waals surface area contributed by atoms with Crippen LogP contribution in [0.25, 0.3) is 10.9 Å². The van der Waals surface area contributed by atoms with Crippen LogP contribution in [0, 0.1) is 11.3 Å². The molecule has 1 aromatic heterocycles. The standard InChI is InChI=1S/C46H56N4O10/c1-7-42(55)22-28-23-45(40(53)58-5,36-30(14-18-48(24-28)25-42)29-12-9-10-13-33(29)47-36)32-20-31-34(21-35(32)57-4)50(26-51)38-44(31)16-19-49-17-11-15-43(8-2,37(44)49)39(60-27(3)52)46(38,56)41(54)59-6/h9-13,15,20-21,26,28,37-39,47,55-56H,7-8,14,16-19,22-25H2,1-6H3/t28?,37-,38?,39+,42?,43+,44+,45-,46-/m0/s1. The molecule has 3 fully saturated rings. The summed E-state index contributed by atoms with van der Waals surface area (Å²) < 4.78 is 23.7. The molecule has 60 heavy (non-hydrogen) atoms. The van der Waals surface area contributed by atoms with Crippen molar-refractivity contribution in [2.24, 2.45) is 11.3 Å². The number of benzene rings is 2. The third kappa shape index (κ3) is 5.19. The molecule has 1 spiro atoms. The number of carbonyl (C=O) groups is 4. The van der Waals surface area contributed by atoms with Crippen molar-refractivity contribution in [3.8, 4) is 5.75 Å². The molecule has 1 amide bonds. The summed E-state index contributed by atoms with van der Waals surface area (Å²) in [5.41, 5.74) is -3.15. The lowest BCUT2D eigenvalue weighted by Crippen LogP contribution is -2.81. The summed E-state index contributed by atoms with van der Waals surface area (Å²) >= 11 is 0. The number of anilines is 1. The van der Waals surface area contributed by atoms with Crippen LogP contribution in [0.1, 0.15) is 75.3 Å². The number of rotatable bonds is 8. The lowest BCUT2D eigenvalue weighted by Gasteiger charge is -2.63. The zero-order valence-electron chi connectivity index (χ0n) is 35.3. The molecule has 1 aliphatic carbocycles. The third-order valence-electron chi connectivity index (χ3n) is 15.5. The van der Waals surface area contributed by atoms with Gasteiger partial charge in [-0.2, -0.15) is 0 Å². The Balaban J connectivity index is 1.38. The summed E-state index contributed by atoms with van der Waals surface area (Å²) in [6.45, 7) is 8.16. The number of ether oxygens (including phenoxy) is 4. The van der Waals surface area contributed by atoms with Gasteiger partial charge in [0, 0.05) is 78.2 Å². The second-order valence-electron chi connectivity index (χ2n) is 18.1. The Morgan fingerprint density at radius 3 is 2.42 bits per heavy atom. The number of aromatic nitrogens is 1. The second-order valence-corrected chi connectivity index (χ2v) is 18.1. The first-order valence-electron chi connectivity index (χ1n) is 21.3. The topological polar surface area (TPSA) is 171 Å². The van der Waals surface area contributed by atoms with E-state index >= 15 is 4.79 Å². The number of aliphatic hydroxyl groups is 2. The van der Waals surface area contributed by atoms with E-state index in [4.69, 9.17) is 18.9 Å². The largest absolute Gasteiger partial charge is 0.496 e. The van der Waals surface area contributed by atoms with Crippen LogP contribution >= 0.6 is 0 Å². The minimum atomic E-state index is -2.53. The SMILES string of the molecule is CCC1(O)CC2CN(CCc3c([nH]c4ccccc34)[C@@](C(=O)OC)(c3cc4c(cc3OC)N(C=O)C3[C@]45CCN4CC=C[C@@](CC)([C@@H](OC(C)=O)[C@]3(O)C(=O)OC)[C@H]45)C2)C1. The second kappa shape index (κ2) is 14.1. The van der Waals surface area contributed by atoms with Crippen molar-refractivity contribution in [2.45, 2.75) is 99.5 Å². The number of carbonyl (C=O) groups excluding carboxylic acids is 4. The number of H-pyrrole nitrogens is 1. The molecule has 0 radical (unpaired) electrons. The molecule has 6 aliphatic rings. The van der Waals surface area contributed by atoms with Crippen molar-refractivity contribution < 1.29 is 48.3 Å².